The first kappa shape index (κ1) is 17.2. The Morgan fingerprint density at radius 2 is 1.92 bits per heavy atom. The van der Waals surface area contributed by atoms with Gasteiger partial charge in [0.1, 0.15) is 11.6 Å². The molecule has 3 aromatic rings. The number of rotatable bonds is 3. The second-order valence-corrected chi connectivity index (χ2v) is 5.79. The topological polar surface area (TPSA) is 60.9 Å². The van der Waals surface area contributed by atoms with E-state index in [2.05, 4.69) is 10.1 Å². The van der Waals surface area contributed by atoms with E-state index in [1.165, 1.54) is 0 Å². The summed E-state index contributed by atoms with van der Waals surface area (Å²) in [5.74, 6) is 0.272. The molecule has 2 heterocycles. The Balaban J connectivity index is 1.92. The Morgan fingerprint density at radius 3 is 2.56 bits per heavy atom. The first-order valence-corrected chi connectivity index (χ1v) is 7.48. The van der Waals surface area contributed by atoms with Gasteiger partial charge in [-0.05, 0) is 13.0 Å². The predicted octanol–water partition coefficient (Wildman–Crippen LogP) is 3.93. The third kappa shape index (κ3) is 3.74. The van der Waals surface area contributed by atoms with Gasteiger partial charge in [-0.25, -0.2) is 0 Å². The largest absolute Gasteiger partial charge is 0.417 e. The second kappa shape index (κ2) is 6.36. The lowest BCUT2D eigenvalue weighted by molar-refractivity contribution is -0.138. The molecule has 5 nitrogen and oxygen atoms in total. The molecule has 0 bridgehead atoms. The molecule has 0 aliphatic heterocycles. The molecule has 0 aliphatic rings. The normalized spacial score (nSPS) is 11.7. The van der Waals surface area contributed by atoms with Crippen molar-refractivity contribution < 1.29 is 17.7 Å². The fourth-order valence-electron chi connectivity index (χ4n) is 2.16. The molecule has 0 atom stereocenters. The van der Waals surface area contributed by atoms with Crippen LogP contribution in [0.1, 0.15) is 17.0 Å². The van der Waals surface area contributed by atoms with Crippen LogP contribution in [0.25, 0.3) is 11.4 Å². The third-order valence-corrected chi connectivity index (χ3v) is 3.72. The maximum Gasteiger partial charge on any atom is 0.417 e. The van der Waals surface area contributed by atoms with Crippen LogP contribution in [0.3, 0.4) is 0 Å². The molecule has 2 aromatic heterocycles. The summed E-state index contributed by atoms with van der Waals surface area (Å²) in [6.07, 6.45) is -3.95. The molecular formula is C16H11ClF3N3O2. The van der Waals surface area contributed by atoms with Crippen LogP contribution in [0.15, 0.2) is 45.8 Å². The van der Waals surface area contributed by atoms with E-state index >= 15 is 0 Å². The van der Waals surface area contributed by atoms with Crippen LogP contribution >= 0.6 is 11.6 Å². The highest BCUT2D eigenvalue weighted by Crippen LogP contribution is 2.29. The van der Waals surface area contributed by atoms with Crippen molar-refractivity contribution in [3.05, 3.63) is 68.9 Å². The first-order valence-electron chi connectivity index (χ1n) is 7.11. The highest BCUT2D eigenvalue weighted by atomic mass is 35.5. The number of pyridine rings is 1. The monoisotopic (exact) mass is 369 g/mol. The van der Waals surface area contributed by atoms with Crippen molar-refractivity contribution in [1.82, 2.24) is 14.7 Å². The van der Waals surface area contributed by atoms with Crippen molar-refractivity contribution in [2.45, 2.75) is 19.6 Å². The van der Waals surface area contributed by atoms with Crippen LogP contribution in [0, 0.1) is 6.92 Å². The molecule has 0 saturated heterocycles. The summed E-state index contributed by atoms with van der Waals surface area (Å²) in [5, 5.41) is 3.24. The van der Waals surface area contributed by atoms with Gasteiger partial charge in [-0.1, -0.05) is 46.6 Å². The minimum atomic E-state index is -4.62. The number of aromatic nitrogens is 3. The molecule has 0 spiro atoms. The number of aryl methyl sites for hydroxylation is 1. The molecule has 0 saturated carbocycles. The molecule has 0 N–H and O–H groups in total. The van der Waals surface area contributed by atoms with Gasteiger partial charge < -0.3 is 9.09 Å². The Bertz CT molecular complexity index is 962. The van der Waals surface area contributed by atoms with Crippen molar-refractivity contribution in [2.24, 2.45) is 0 Å². The summed E-state index contributed by atoms with van der Waals surface area (Å²) in [4.78, 5) is 16.0. The van der Waals surface area contributed by atoms with Gasteiger partial charge in [0.25, 0.3) is 5.56 Å². The van der Waals surface area contributed by atoms with Gasteiger partial charge in [0, 0.05) is 11.8 Å². The Labute approximate surface area is 144 Å². The summed E-state index contributed by atoms with van der Waals surface area (Å²) < 4.78 is 44.4. The van der Waals surface area contributed by atoms with Gasteiger partial charge in [0.15, 0.2) is 0 Å². The zero-order chi connectivity index (χ0) is 18.2. The van der Waals surface area contributed by atoms with Crippen LogP contribution < -0.4 is 5.56 Å². The minimum Gasteiger partial charge on any atom is -0.337 e. The highest BCUT2D eigenvalue weighted by molar-refractivity contribution is 6.30. The number of hydrogen-bond acceptors (Lipinski definition) is 4. The molecule has 25 heavy (non-hydrogen) atoms. The van der Waals surface area contributed by atoms with E-state index in [1.807, 2.05) is 19.1 Å². The molecule has 0 aliphatic carbocycles. The Kier molecular flexibility index (Phi) is 4.38. The summed E-state index contributed by atoms with van der Waals surface area (Å²) in [5.41, 5.74) is -0.0622. The van der Waals surface area contributed by atoms with Crippen LogP contribution in [0.2, 0.25) is 5.02 Å². The van der Waals surface area contributed by atoms with E-state index in [0.29, 0.717) is 17.8 Å². The molecule has 0 unspecified atom stereocenters. The van der Waals surface area contributed by atoms with Gasteiger partial charge in [-0.15, -0.1) is 0 Å². The predicted molar refractivity (Wildman–Crippen MR) is 84.3 cm³/mol. The molecule has 9 heteroatoms. The summed E-state index contributed by atoms with van der Waals surface area (Å²) in [6.45, 7) is 1.61. The SMILES string of the molecule is Cc1ccc(-c2noc(Cn3cc(C(F)(F)F)cc(Cl)c3=O)n2)cc1. The maximum atomic E-state index is 12.9. The van der Waals surface area contributed by atoms with Crippen LogP contribution in [0.4, 0.5) is 13.2 Å². The van der Waals surface area contributed by atoms with E-state index in [0.717, 1.165) is 10.1 Å². The molecular weight excluding hydrogens is 359 g/mol. The average molecular weight is 370 g/mol. The van der Waals surface area contributed by atoms with Gasteiger partial charge in [-0.3, -0.25) is 4.79 Å². The van der Waals surface area contributed by atoms with Crippen molar-refractivity contribution in [2.75, 3.05) is 0 Å². The summed E-state index contributed by atoms with van der Waals surface area (Å²) in [6, 6.07) is 7.89. The van der Waals surface area contributed by atoms with Crippen molar-refractivity contribution in [3.8, 4) is 11.4 Å². The van der Waals surface area contributed by atoms with Crippen molar-refractivity contribution in [3.63, 3.8) is 0 Å². The zero-order valence-corrected chi connectivity index (χ0v) is 13.6. The Morgan fingerprint density at radius 1 is 1.24 bits per heavy atom. The van der Waals surface area contributed by atoms with E-state index in [-0.39, 0.29) is 18.3 Å². The highest BCUT2D eigenvalue weighted by Gasteiger charge is 2.32. The molecule has 0 radical (unpaired) electrons. The summed E-state index contributed by atoms with van der Waals surface area (Å²) >= 11 is 5.61. The number of nitrogens with zero attached hydrogens (tertiary/aromatic N) is 3. The number of halogens is 4. The van der Waals surface area contributed by atoms with Crippen LogP contribution in [-0.2, 0) is 12.7 Å². The van der Waals surface area contributed by atoms with E-state index in [1.54, 1.807) is 12.1 Å². The van der Waals surface area contributed by atoms with Gasteiger partial charge in [0.05, 0.1) is 5.56 Å². The van der Waals surface area contributed by atoms with E-state index in [9.17, 15) is 18.0 Å². The summed E-state index contributed by atoms with van der Waals surface area (Å²) in [7, 11) is 0. The lowest BCUT2D eigenvalue weighted by Gasteiger charge is -2.10. The third-order valence-electron chi connectivity index (χ3n) is 3.45. The maximum absolute atomic E-state index is 12.9. The fourth-order valence-corrected chi connectivity index (χ4v) is 2.38. The van der Waals surface area contributed by atoms with Crippen molar-refractivity contribution >= 4 is 11.6 Å². The Hall–Kier alpha value is -2.61. The molecule has 3 rings (SSSR count). The first-order chi connectivity index (χ1) is 11.7. The second-order valence-electron chi connectivity index (χ2n) is 5.39. The van der Waals surface area contributed by atoms with Crippen LogP contribution in [-0.4, -0.2) is 14.7 Å². The molecule has 130 valence electrons. The number of benzene rings is 1. The average Bonchev–Trinajstić information content (AvgIpc) is 3.00. The molecule has 1 aromatic carbocycles. The minimum absolute atomic E-state index is 0.00642. The van der Waals surface area contributed by atoms with Crippen LogP contribution in [0.5, 0.6) is 0 Å². The smallest absolute Gasteiger partial charge is 0.337 e. The van der Waals surface area contributed by atoms with E-state index < -0.39 is 22.3 Å². The van der Waals surface area contributed by atoms with Crippen molar-refractivity contribution in [1.29, 1.82) is 0 Å². The lowest BCUT2D eigenvalue weighted by atomic mass is 10.1. The number of alkyl halides is 3. The standard InChI is InChI=1S/C16H11ClF3N3O2/c1-9-2-4-10(5-3-9)14-21-13(25-22-14)8-23-7-11(16(18,19)20)6-12(17)15(23)24/h2-7H,8H2,1H3. The van der Waals surface area contributed by atoms with Gasteiger partial charge in [-0.2, -0.15) is 18.2 Å². The lowest BCUT2D eigenvalue weighted by Crippen LogP contribution is -2.23. The fraction of sp³-hybridized carbons (Fsp3) is 0.188. The molecule has 0 fully saturated rings. The van der Waals surface area contributed by atoms with Gasteiger partial charge in [0.2, 0.25) is 11.7 Å². The zero-order valence-electron chi connectivity index (χ0n) is 12.8. The van der Waals surface area contributed by atoms with E-state index in [4.69, 9.17) is 16.1 Å². The van der Waals surface area contributed by atoms with Gasteiger partial charge >= 0.3 is 6.18 Å². The molecule has 0 amide bonds. The quantitative estimate of drug-likeness (QED) is 0.702. The number of hydrogen-bond donors (Lipinski definition) is 0.